The van der Waals surface area contributed by atoms with Crippen molar-refractivity contribution in [2.24, 2.45) is 5.73 Å². The van der Waals surface area contributed by atoms with Gasteiger partial charge in [-0.25, -0.2) is 14.6 Å². The Balaban J connectivity index is 2.42. The van der Waals surface area contributed by atoms with E-state index in [0.29, 0.717) is 0 Å². The zero-order valence-corrected chi connectivity index (χ0v) is 12.4. The quantitative estimate of drug-likeness (QED) is 0.544. The van der Waals surface area contributed by atoms with Gasteiger partial charge in [0.05, 0.1) is 6.54 Å². The highest BCUT2D eigenvalue weighted by Gasteiger charge is 2.20. The van der Waals surface area contributed by atoms with Crippen LogP contribution in [0, 0.1) is 0 Å². The predicted molar refractivity (Wildman–Crippen MR) is 76.7 cm³/mol. The molecular formula is C12H18N4O4S. The SMILES string of the molecule is CCc1cnc(CNC(=O)N[C@@H](CCC(N)=O)C(=O)O)s1. The lowest BCUT2D eigenvalue weighted by atomic mass is 10.1. The van der Waals surface area contributed by atoms with E-state index in [1.165, 1.54) is 11.3 Å². The van der Waals surface area contributed by atoms with Crippen LogP contribution in [0.1, 0.15) is 29.7 Å². The third-order valence-electron chi connectivity index (χ3n) is 2.63. The van der Waals surface area contributed by atoms with Gasteiger partial charge in [0.1, 0.15) is 11.0 Å². The molecule has 9 heteroatoms. The first kappa shape index (κ1) is 16.9. The maximum absolute atomic E-state index is 11.6. The van der Waals surface area contributed by atoms with Crippen LogP contribution in [0.25, 0.3) is 0 Å². The first-order valence-corrected chi connectivity index (χ1v) is 7.23. The monoisotopic (exact) mass is 314 g/mol. The van der Waals surface area contributed by atoms with Gasteiger partial charge in [-0.2, -0.15) is 0 Å². The van der Waals surface area contributed by atoms with E-state index in [1.807, 2.05) is 6.92 Å². The van der Waals surface area contributed by atoms with Crippen molar-refractivity contribution in [1.29, 1.82) is 0 Å². The fraction of sp³-hybridized carbons (Fsp3) is 0.500. The lowest BCUT2D eigenvalue weighted by molar-refractivity contribution is -0.139. The van der Waals surface area contributed by atoms with Crippen LogP contribution >= 0.6 is 11.3 Å². The predicted octanol–water partition coefficient (Wildman–Crippen LogP) is 0.223. The number of aryl methyl sites for hydroxylation is 1. The Bertz CT molecular complexity index is 517. The number of rotatable bonds is 8. The van der Waals surface area contributed by atoms with Gasteiger partial charge < -0.3 is 21.5 Å². The van der Waals surface area contributed by atoms with Crippen LogP contribution in [0.15, 0.2) is 6.20 Å². The first-order valence-electron chi connectivity index (χ1n) is 6.41. The summed E-state index contributed by atoms with van der Waals surface area (Å²) >= 11 is 1.48. The minimum atomic E-state index is -1.21. The van der Waals surface area contributed by atoms with Gasteiger partial charge in [0.25, 0.3) is 0 Å². The summed E-state index contributed by atoms with van der Waals surface area (Å²) in [5, 5.41) is 14.5. The zero-order valence-electron chi connectivity index (χ0n) is 11.6. The van der Waals surface area contributed by atoms with E-state index < -0.39 is 23.9 Å². The second-order valence-corrected chi connectivity index (χ2v) is 5.50. The molecule has 1 rings (SSSR count). The number of aromatic nitrogens is 1. The van der Waals surface area contributed by atoms with Gasteiger partial charge in [-0.15, -0.1) is 11.3 Å². The van der Waals surface area contributed by atoms with Gasteiger partial charge in [0.2, 0.25) is 5.91 Å². The molecule has 1 aromatic rings. The van der Waals surface area contributed by atoms with Crippen molar-refractivity contribution in [2.45, 2.75) is 38.8 Å². The maximum Gasteiger partial charge on any atom is 0.326 e. The molecule has 3 amide bonds. The Kier molecular flexibility index (Phi) is 6.60. The third kappa shape index (κ3) is 6.21. The molecule has 0 saturated heterocycles. The Morgan fingerprint density at radius 3 is 2.71 bits per heavy atom. The van der Waals surface area contributed by atoms with Crippen molar-refractivity contribution >= 4 is 29.2 Å². The van der Waals surface area contributed by atoms with E-state index in [0.717, 1.165) is 16.3 Å². The number of urea groups is 1. The lowest BCUT2D eigenvalue weighted by Crippen LogP contribution is -2.46. The number of aliphatic carboxylic acids is 1. The average Bonchev–Trinajstić information content (AvgIpc) is 2.88. The highest BCUT2D eigenvalue weighted by molar-refractivity contribution is 7.11. The van der Waals surface area contributed by atoms with Crippen LogP contribution in [-0.4, -0.2) is 34.0 Å². The van der Waals surface area contributed by atoms with Crippen molar-refractivity contribution < 1.29 is 19.5 Å². The fourth-order valence-electron chi connectivity index (χ4n) is 1.50. The van der Waals surface area contributed by atoms with Gasteiger partial charge >= 0.3 is 12.0 Å². The summed E-state index contributed by atoms with van der Waals surface area (Å²) in [6.07, 6.45) is 2.46. The summed E-state index contributed by atoms with van der Waals surface area (Å²) in [7, 11) is 0. The number of thiazole rings is 1. The maximum atomic E-state index is 11.6. The highest BCUT2D eigenvalue weighted by Crippen LogP contribution is 2.12. The molecule has 0 aliphatic heterocycles. The van der Waals surface area contributed by atoms with Gasteiger partial charge in [0, 0.05) is 17.5 Å². The smallest absolute Gasteiger partial charge is 0.326 e. The summed E-state index contributed by atoms with van der Waals surface area (Å²) in [4.78, 5) is 38.5. The number of primary amides is 1. The van der Waals surface area contributed by atoms with E-state index >= 15 is 0 Å². The average molecular weight is 314 g/mol. The van der Waals surface area contributed by atoms with Crippen LogP contribution in [0.4, 0.5) is 4.79 Å². The number of nitrogens with one attached hydrogen (secondary N) is 2. The second kappa shape index (κ2) is 8.20. The van der Waals surface area contributed by atoms with Gasteiger partial charge in [0.15, 0.2) is 0 Å². The molecular weight excluding hydrogens is 296 g/mol. The van der Waals surface area contributed by atoms with Gasteiger partial charge in [-0.1, -0.05) is 6.92 Å². The van der Waals surface area contributed by atoms with Crippen molar-refractivity contribution in [2.75, 3.05) is 0 Å². The largest absolute Gasteiger partial charge is 0.480 e. The van der Waals surface area contributed by atoms with Crippen LogP contribution < -0.4 is 16.4 Å². The van der Waals surface area contributed by atoms with E-state index in [9.17, 15) is 14.4 Å². The van der Waals surface area contributed by atoms with E-state index in [4.69, 9.17) is 10.8 Å². The Morgan fingerprint density at radius 2 is 2.19 bits per heavy atom. The molecule has 0 fully saturated rings. The number of nitrogens with two attached hydrogens (primary N) is 1. The minimum Gasteiger partial charge on any atom is -0.480 e. The summed E-state index contributed by atoms with van der Waals surface area (Å²) in [6, 6.07) is -1.78. The number of carboxylic acid groups (broad SMARTS) is 1. The Labute approximate surface area is 125 Å². The van der Waals surface area contributed by atoms with Crippen LogP contribution in [0.3, 0.4) is 0 Å². The number of carbonyl (C=O) groups is 3. The number of carbonyl (C=O) groups excluding carboxylic acids is 2. The molecule has 0 aliphatic rings. The normalized spacial score (nSPS) is 11.7. The molecule has 0 saturated carbocycles. The molecule has 21 heavy (non-hydrogen) atoms. The van der Waals surface area contributed by atoms with Gasteiger partial charge in [-0.3, -0.25) is 4.79 Å². The second-order valence-electron chi connectivity index (χ2n) is 4.30. The molecule has 1 atom stereocenters. The summed E-state index contributed by atoms with van der Waals surface area (Å²) in [5.41, 5.74) is 4.95. The van der Waals surface area contributed by atoms with Crippen molar-refractivity contribution in [3.05, 3.63) is 16.1 Å². The molecule has 116 valence electrons. The lowest BCUT2D eigenvalue weighted by Gasteiger charge is -2.13. The number of hydrogen-bond donors (Lipinski definition) is 4. The Morgan fingerprint density at radius 1 is 1.48 bits per heavy atom. The molecule has 0 bridgehead atoms. The number of hydrogen-bond acceptors (Lipinski definition) is 5. The molecule has 1 heterocycles. The van der Waals surface area contributed by atoms with E-state index in [1.54, 1.807) is 6.20 Å². The molecule has 0 spiro atoms. The minimum absolute atomic E-state index is 0.0463. The topological polar surface area (TPSA) is 134 Å². The molecule has 0 unspecified atom stereocenters. The molecule has 8 nitrogen and oxygen atoms in total. The zero-order chi connectivity index (χ0) is 15.8. The van der Waals surface area contributed by atoms with E-state index in [-0.39, 0.29) is 19.4 Å². The third-order valence-corrected chi connectivity index (χ3v) is 3.77. The summed E-state index contributed by atoms with van der Waals surface area (Å²) < 4.78 is 0. The number of carboxylic acids is 1. The Hall–Kier alpha value is -2.16. The van der Waals surface area contributed by atoms with Gasteiger partial charge in [-0.05, 0) is 12.8 Å². The number of nitrogens with zero attached hydrogens (tertiary/aromatic N) is 1. The number of amides is 3. The fourth-order valence-corrected chi connectivity index (χ4v) is 2.30. The van der Waals surface area contributed by atoms with Crippen LogP contribution in [0.5, 0.6) is 0 Å². The van der Waals surface area contributed by atoms with Crippen LogP contribution in [-0.2, 0) is 22.6 Å². The van der Waals surface area contributed by atoms with Crippen LogP contribution in [0.2, 0.25) is 0 Å². The van der Waals surface area contributed by atoms with Crippen molar-refractivity contribution in [1.82, 2.24) is 15.6 Å². The molecule has 0 radical (unpaired) electrons. The summed E-state index contributed by atoms with van der Waals surface area (Å²) in [5.74, 6) is -1.83. The van der Waals surface area contributed by atoms with E-state index in [2.05, 4.69) is 15.6 Å². The molecule has 0 aromatic carbocycles. The first-order chi connectivity index (χ1) is 9.92. The summed E-state index contributed by atoms with van der Waals surface area (Å²) in [6.45, 7) is 2.23. The van der Waals surface area contributed by atoms with Crippen molar-refractivity contribution in [3.8, 4) is 0 Å². The molecule has 5 N–H and O–H groups in total. The molecule has 1 aromatic heterocycles. The van der Waals surface area contributed by atoms with Crippen molar-refractivity contribution in [3.63, 3.8) is 0 Å². The highest BCUT2D eigenvalue weighted by atomic mass is 32.1. The molecule has 0 aliphatic carbocycles. The standard InChI is InChI=1S/C12H18N4O4S/c1-2-7-5-14-10(21-7)6-15-12(20)16-8(11(18)19)3-4-9(13)17/h5,8H,2-4,6H2,1H3,(H2,13,17)(H,18,19)(H2,15,16,20)/t8-/m0/s1.